The van der Waals surface area contributed by atoms with Gasteiger partial charge in [0.1, 0.15) is 0 Å². The molecule has 0 atom stereocenters. The highest BCUT2D eigenvalue weighted by Crippen LogP contribution is 2.55. The summed E-state index contributed by atoms with van der Waals surface area (Å²) in [6.07, 6.45) is 0. The van der Waals surface area contributed by atoms with Crippen LogP contribution in [0.15, 0.2) is 146 Å². The summed E-state index contributed by atoms with van der Waals surface area (Å²) >= 11 is 0. The number of aromatic nitrogens is 4. The van der Waals surface area contributed by atoms with E-state index >= 15 is 0 Å². The summed E-state index contributed by atoms with van der Waals surface area (Å²) in [6, 6.07) is 58.2. The van der Waals surface area contributed by atoms with Crippen molar-refractivity contribution in [2.45, 2.75) is 157 Å². The van der Waals surface area contributed by atoms with Gasteiger partial charge in [-0.05, 0) is 139 Å². The van der Waals surface area contributed by atoms with Crippen LogP contribution in [0.5, 0.6) is 0 Å². The fraction of sp³-hybridized carbons (Fsp3) is 0.308. The molecule has 6 heterocycles. The molecule has 0 aliphatic carbocycles. The normalized spacial score (nSPS) is 14.0. The zero-order chi connectivity index (χ0) is 57.6. The maximum absolute atomic E-state index is 2.71. The van der Waals surface area contributed by atoms with E-state index in [1.54, 1.807) is 0 Å². The molecule has 0 aliphatic heterocycles. The molecule has 0 saturated carbocycles. The third-order valence-electron chi connectivity index (χ3n) is 19.1. The predicted molar refractivity (Wildman–Crippen MR) is 357 cm³/mol. The highest BCUT2D eigenvalue weighted by atomic mass is 15.0. The van der Waals surface area contributed by atoms with Crippen molar-refractivity contribution in [1.82, 2.24) is 17.9 Å². The average molecular weight is 1070 g/mol. The van der Waals surface area contributed by atoms with Crippen molar-refractivity contribution < 1.29 is 0 Å². The van der Waals surface area contributed by atoms with Crippen LogP contribution in [0.1, 0.15) is 158 Å². The highest BCUT2D eigenvalue weighted by Gasteiger charge is 2.33. The van der Waals surface area contributed by atoms with Crippen molar-refractivity contribution in [3.8, 4) is 11.4 Å². The molecule has 0 N–H and O–H groups in total. The Morgan fingerprint density at radius 3 is 0.756 bits per heavy atom. The minimum atomic E-state index is -0.0682. The van der Waals surface area contributed by atoms with Gasteiger partial charge in [0.2, 0.25) is 0 Å². The van der Waals surface area contributed by atoms with Crippen molar-refractivity contribution in [2.75, 3.05) is 0 Å². The molecule has 0 aliphatic rings. The minimum Gasteiger partial charge on any atom is -0.307 e. The molecule has 9 aromatic carbocycles. The SMILES string of the molecule is CC(C)(C)c1ccc2c(c1)c1cc(C(C)(C)C)ccc1n2-c1cccc2c3c4c5ccc(C(C)(C)C)cc5n5c6c(-n7c8ccc(C(C)(C)C)cc8c8cc(C(C)(C)C)ccc87)cccc6c(c6c7ccc(C(C)(C)C)cc7n(c12)c63)c45. The molecule has 15 aromatic rings. The Hall–Kier alpha value is -7.82. The second-order valence-electron chi connectivity index (χ2n) is 30.8. The molecule has 4 nitrogen and oxygen atoms in total. The van der Waals surface area contributed by atoms with Gasteiger partial charge in [-0.25, -0.2) is 0 Å². The average Bonchev–Trinajstić information content (AvgIpc) is 3.73. The number of rotatable bonds is 2. The van der Waals surface area contributed by atoms with Crippen LogP contribution in [-0.2, 0) is 32.5 Å². The van der Waals surface area contributed by atoms with Crippen LogP contribution in [0.25, 0.3) is 131 Å². The summed E-state index contributed by atoms with van der Waals surface area (Å²) in [6.45, 7) is 42.2. The Morgan fingerprint density at radius 1 is 0.220 bits per heavy atom. The summed E-state index contributed by atoms with van der Waals surface area (Å²) in [5.41, 5.74) is 22.8. The lowest BCUT2D eigenvalue weighted by Crippen LogP contribution is -2.10. The number of para-hydroxylation sites is 2. The van der Waals surface area contributed by atoms with Crippen molar-refractivity contribution >= 4 is 120 Å². The van der Waals surface area contributed by atoms with Crippen LogP contribution in [0.2, 0.25) is 0 Å². The molecular formula is C78H78N4. The standard InChI is InChI=1S/C78H78N4/c1-73(2,3)43-27-33-57-53(37-43)54-38-44(74(4,5)6)28-34-58(54)79(57)61-23-19-21-51-67-65-50-32-26-48(78(16,17)18)42-64(50)82-70-52(68(72(65)82)66-49-31-25-47(77(13,14)15)41-63(49)81(69(51)61)71(66)67)22-20-24-62(70)80-59-35-29-45(75(7,8)9)39-55(59)56-40-46(76(10,11)12)30-36-60(56)80/h19-42H,1-18H3. The predicted octanol–water partition coefficient (Wildman–Crippen LogP) is 22.0. The van der Waals surface area contributed by atoms with Crippen molar-refractivity contribution in [3.63, 3.8) is 0 Å². The first-order valence-corrected chi connectivity index (χ1v) is 30.1. The lowest BCUT2D eigenvalue weighted by atomic mass is 9.85. The number of fused-ring (bicyclic) bond motifs is 20. The van der Waals surface area contributed by atoms with E-state index in [1.165, 1.54) is 165 Å². The highest BCUT2D eigenvalue weighted by molar-refractivity contribution is 6.45. The molecule has 0 radical (unpaired) electrons. The minimum absolute atomic E-state index is 0.00362. The molecule has 0 fully saturated rings. The maximum atomic E-state index is 2.71. The first kappa shape index (κ1) is 51.1. The first-order valence-electron chi connectivity index (χ1n) is 30.1. The molecule has 0 bridgehead atoms. The molecule has 4 heteroatoms. The molecule has 15 rings (SSSR count). The van der Waals surface area contributed by atoms with Crippen LogP contribution in [-0.4, -0.2) is 17.9 Å². The summed E-state index contributed by atoms with van der Waals surface area (Å²) in [5.74, 6) is 0. The molecule has 6 aromatic heterocycles. The second-order valence-corrected chi connectivity index (χ2v) is 30.8. The van der Waals surface area contributed by atoms with Crippen LogP contribution in [0.4, 0.5) is 0 Å². The van der Waals surface area contributed by atoms with Crippen molar-refractivity contribution in [1.29, 1.82) is 0 Å². The molecule has 0 amide bonds. The lowest BCUT2D eigenvalue weighted by molar-refractivity contribution is 0.590. The summed E-state index contributed by atoms with van der Waals surface area (Å²) in [7, 11) is 0. The van der Waals surface area contributed by atoms with E-state index in [0.29, 0.717) is 0 Å². The topological polar surface area (TPSA) is 18.7 Å². The maximum Gasteiger partial charge on any atom is 0.0783 e. The van der Waals surface area contributed by atoms with Gasteiger partial charge in [-0.1, -0.05) is 197 Å². The van der Waals surface area contributed by atoms with Crippen LogP contribution in [0, 0.1) is 0 Å². The number of benzene rings is 9. The van der Waals surface area contributed by atoms with E-state index in [-0.39, 0.29) is 32.5 Å². The van der Waals surface area contributed by atoms with E-state index < -0.39 is 0 Å². The van der Waals surface area contributed by atoms with Gasteiger partial charge in [-0.2, -0.15) is 0 Å². The third-order valence-corrected chi connectivity index (χ3v) is 19.1. The molecule has 0 saturated heterocycles. The van der Waals surface area contributed by atoms with E-state index in [4.69, 9.17) is 0 Å². The first-order chi connectivity index (χ1) is 38.5. The van der Waals surface area contributed by atoms with E-state index in [1.807, 2.05) is 0 Å². The van der Waals surface area contributed by atoms with Gasteiger partial charge in [0, 0.05) is 64.6 Å². The van der Waals surface area contributed by atoms with Gasteiger partial charge in [0.05, 0.1) is 66.5 Å². The summed E-state index contributed by atoms with van der Waals surface area (Å²) in [5, 5.41) is 15.7. The quantitative estimate of drug-likeness (QED) is 0.164. The summed E-state index contributed by atoms with van der Waals surface area (Å²) in [4.78, 5) is 0. The van der Waals surface area contributed by atoms with Crippen LogP contribution < -0.4 is 0 Å². The Bertz CT molecular complexity index is 4770. The van der Waals surface area contributed by atoms with Gasteiger partial charge >= 0.3 is 0 Å². The van der Waals surface area contributed by atoms with Crippen molar-refractivity contribution in [3.05, 3.63) is 179 Å². The largest absolute Gasteiger partial charge is 0.307 e. The summed E-state index contributed by atoms with van der Waals surface area (Å²) < 4.78 is 10.6. The molecule has 0 spiro atoms. The Labute approximate surface area is 482 Å². The van der Waals surface area contributed by atoms with Gasteiger partial charge in [0.25, 0.3) is 0 Å². The Morgan fingerprint density at radius 2 is 0.476 bits per heavy atom. The fourth-order valence-corrected chi connectivity index (χ4v) is 14.4. The van der Waals surface area contributed by atoms with Crippen LogP contribution >= 0.6 is 0 Å². The lowest BCUT2D eigenvalue weighted by Gasteiger charge is -2.19. The van der Waals surface area contributed by atoms with Gasteiger partial charge < -0.3 is 17.9 Å². The van der Waals surface area contributed by atoms with E-state index in [9.17, 15) is 0 Å². The monoisotopic (exact) mass is 1070 g/mol. The Kier molecular flexibility index (Phi) is 9.99. The molecular weight excluding hydrogens is 993 g/mol. The third kappa shape index (κ3) is 6.90. The molecule has 0 unspecified atom stereocenters. The van der Waals surface area contributed by atoms with Gasteiger partial charge in [0.15, 0.2) is 0 Å². The number of hydrogen-bond acceptors (Lipinski definition) is 0. The zero-order valence-electron chi connectivity index (χ0n) is 51.6. The van der Waals surface area contributed by atoms with E-state index in [2.05, 4.69) is 288 Å². The molecule has 410 valence electrons. The Balaban J connectivity index is 1.16. The second kappa shape index (κ2) is 16.0. The van der Waals surface area contributed by atoms with E-state index in [0.717, 1.165) is 0 Å². The number of hydrogen-bond donors (Lipinski definition) is 0. The van der Waals surface area contributed by atoms with Gasteiger partial charge in [-0.15, -0.1) is 0 Å². The smallest absolute Gasteiger partial charge is 0.0783 e. The van der Waals surface area contributed by atoms with Gasteiger partial charge in [-0.3, -0.25) is 0 Å². The number of nitrogens with zero attached hydrogens (tertiary/aromatic N) is 4. The zero-order valence-corrected chi connectivity index (χ0v) is 51.6. The van der Waals surface area contributed by atoms with Crippen LogP contribution in [0.3, 0.4) is 0 Å². The molecule has 82 heavy (non-hydrogen) atoms. The van der Waals surface area contributed by atoms with Crippen molar-refractivity contribution in [2.24, 2.45) is 0 Å². The fourth-order valence-electron chi connectivity index (χ4n) is 14.4.